The van der Waals surface area contributed by atoms with Crippen molar-refractivity contribution in [2.45, 2.75) is 29.0 Å². The van der Waals surface area contributed by atoms with Crippen molar-refractivity contribution in [3.8, 4) is 0 Å². The first-order valence-electron chi connectivity index (χ1n) is 4.96. The lowest BCUT2D eigenvalue weighted by Gasteiger charge is -2.26. The molecule has 98 valence electrons. The van der Waals surface area contributed by atoms with Crippen LogP contribution in [0.4, 0.5) is 0 Å². The van der Waals surface area contributed by atoms with E-state index < -0.39 is 31.5 Å². The molecule has 3 unspecified atom stereocenters. The Labute approximate surface area is 125 Å². The molecule has 1 rings (SSSR count). The zero-order valence-electron chi connectivity index (χ0n) is 9.54. The van der Waals surface area contributed by atoms with E-state index in [4.69, 9.17) is 9.84 Å². The molecule has 1 aliphatic carbocycles. The maximum atomic E-state index is 11.1. The zero-order chi connectivity index (χ0) is 13.6. The van der Waals surface area contributed by atoms with Crippen LogP contribution in [0, 0.1) is 17.3 Å². The molecular formula is C10H13Br3O4. The van der Waals surface area contributed by atoms with Gasteiger partial charge in [0.05, 0.1) is 5.92 Å². The van der Waals surface area contributed by atoms with Crippen molar-refractivity contribution >= 4 is 59.7 Å². The molecule has 3 atom stereocenters. The number of carbonyl (C=O) groups is 2. The van der Waals surface area contributed by atoms with E-state index >= 15 is 0 Å². The number of carboxylic acids is 1. The van der Waals surface area contributed by atoms with Crippen LogP contribution in [0.25, 0.3) is 0 Å². The summed E-state index contributed by atoms with van der Waals surface area (Å²) in [4.78, 5) is 22.2. The molecule has 0 amide bonds. The molecule has 0 bridgehead atoms. The average Bonchev–Trinajstić information content (AvgIpc) is 2.62. The van der Waals surface area contributed by atoms with Gasteiger partial charge in [-0.25, -0.2) is 0 Å². The second-order valence-electron chi connectivity index (χ2n) is 4.73. The van der Waals surface area contributed by atoms with Crippen LogP contribution in [0.2, 0.25) is 0 Å². The number of halogens is 3. The maximum Gasteiger partial charge on any atom is 0.307 e. The number of hydrogen-bond acceptors (Lipinski definition) is 3. The normalized spacial score (nSPS) is 28.4. The Balaban J connectivity index is 2.95. The van der Waals surface area contributed by atoms with E-state index in [1.54, 1.807) is 0 Å². The number of esters is 1. The van der Waals surface area contributed by atoms with Gasteiger partial charge in [0.15, 0.2) is 2.14 Å². The highest BCUT2D eigenvalue weighted by atomic mass is 80.0. The molecule has 0 radical (unpaired) electrons. The predicted octanol–water partition coefficient (Wildman–Crippen LogP) is 3.11. The van der Waals surface area contributed by atoms with Gasteiger partial charge < -0.3 is 9.84 Å². The summed E-state index contributed by atoms with van der Waals surface area (Å²) in [7, 11) is 0. The van der Waals surface area contributed by atoms with Crippen molar-refractivity contribution < 1.29 is 19.4 Å². The predicted molar refractivity (Wildman–Crippen MR) is 73.5 cm³/mol. The number of hydrogen-bond donors (Lipinski definition) is 1. The van der Waals surface area contributed by atoms with Crippen molar-refractivity contribution in [2.75, 3.05) is 0 Å². The molecule has 0 heterocycles. The van der Waals surface area contributed by atoms with E-state index in [0.29, 0.717) is 0 Å². The summed E-state index contributed by atoms with van der Waals surface area (Å²) < 4.78 is 4.40. The van der Waals surface area contributed by atoms with Gasteiger partial charge in [-0.3, -0.25) is 9.59 Å². The van der Waals surface area contributed by atoms with Crippen LogP contribution < -0.4 is 0 Å². The highest BCUT2D eigenvalue weighted by molar-refractivity contribution is 9.39. The number of rotatable bonds is 3. The number of carboxylic acid groups (broad SMARTS) is 1. The fourth-order valence-corrected chi connectivity index (χ4v) is 3.37. The molecule has 1 N–H and O–H groups in total. The zero-order valence-corrected chi connectivity index (χ0v) is 14.3. The van der Waals surface area contributed by atoms with E-state index in [-0.39, 0.29) is 5.92 Å². The highest BCUT2D eigenvalue weighted by Gasteiger charge is 2.68. The average molecular weight is 437 g/mol. The molecule has 0 spiro atoms. The van der Waals surface area contributed by atoms with Gasteiger partial charge in [-0.15, -0.1) is 0 Å². The summed E-state index contributed by atoms with van der Waals surface area (Å²) in [5.74, 6) is -2.07. The quantitative estimate of drug-likeness (QED) is 0.545. The van der Waals surface area contributed by atoms with Gasteiger partial charge >= 0.3 is 11.9 Å². The Hall–Kier alpha value is 0.380. The summed E-state index contributed by atoms with van der Waals surface area (Å²) in [6, 6.07) is 0. The number of aliphatic carboxylic acids is 1. The molecule has 0 aromatic heterocycles. The third-order valence-electron chi connectivity index (χ3n) is 3.12. The Morgan fingerprint density at radius 2 is 1.82 bits per heavy atom. The van der Waals surface area contributed by atoms with Crippen LogP contribution in [0.15, 0.2) is 0 Å². The second kappa shape index (κ2) is 4.81. The van der Waals surface area contributed by atoms with Crippen molar-refractivity contribution in [1.29, 1.82) is 0 Å². The van der Waals surface area contributed by atoms with E-state index in [9.17, 15) is 9.59 Å². The Bertz CT molecular complexity index is 348. The van der Waals surface area contributed by atoms with Crippen molar-refractivity contribution in [3.63, 3.8) is 0 Å². The van der Waals surface area contributed by atoms with Gasteiger partial charge in [0, 0.05) is 12.8 Å². The van der Waals surface area contributed by atoms with E-state index in [1.807, 2.05) is 13.8 Å². The fourth-order valence-electron chi connectivity index (χ4n) is 2.24. The van der Waals surface area contributed by atoms with E-state index in [2.05, 4.69) is 47.8 Å². The molecule has 1 aliphatic rings. The fraction of sp³-hybridized carbons (Fsp3) is 0.800. The first-order valence-corrected chi connectivity index (χ1v) is 7.34. The monoisotopic (exact) mass is 434 g/mol. The molecule has 0 saturated heterocycles. The van der Waals surface area contributed by atoms with Gasteiger partial charge in [-0.1, -0.05) is 61.6 Å². The highest BCUT2D eigenvalue weighted by Crippen LogP contribution is 2.64. The van der Waals surface area contributed by atoms with Gasteiger partial charge in [0.2, 0.25) is 0 Å². The number of carbonyl (C=O) groups excluding carboxylic acids is 1. The van der Waals surface area contributed by atoms with Gasteiger partial charge in [0.25, 0.3) is 0 Å². The molecule has 4 nitrogen and oxygen atoms in total. The van der Waals surface area contributed by atoms with Gasteiger partial charge in [-0.2, -0.15) is 0 Å². The smallest absolute Gasteiger partial charge is 0.307 e. The molecule has 0 aliphatic heterocycles. The summed E-state index contributed by atoms with van der Waals surface area (Å²) in [6.45, 7) is 5.01. The topological polar surface area (TPSA) is 63.6 Å². The lowest BCUT2D eigenvalue weighted by atomic mass is 10.1. The SMILES string of the molecule is CC(=O)OC(C1C(C(=O)O)C1(C)C)C(Br)(Br)Br. The standard InChI is InChI=1S/C10H13Br3O4/c1-4(14)17-7(10(11,12)13)5-6(8(15)16)9(5,2)3/h5-7H,1-3H3,(H,15,16). The lowest BCUT2D eigenvalue weighted by molar-refractivity contribution is -0.148. The maximum absolute atomic E-state index is 11.1. The largest absolute Gasteiger partial charge is 0.481 e. The Morgan fingerprint density at radius 3 is 2.06 bits per heavy atom. The van der Waals surface area contributed by atoms with Crippen LogP contribution in [0.1, 0.15) is 20.8 Å². The van der Waals surface area contributed by atoms with Crippen LogP contribution in [0.5, 0.6) is 0 Å². The van der Waals surface area contributed by atoms with E-state index in [1.165, 1.54) is 6.92 Å². The van der Waals surface area contributed by atoms with Gasteiger partial charge in [0.1, 0.15) is 6.10 Å². The van der Waals surface area contributed by atoms with Crippen LogP contribution in [-0.4, -0.2) is 25.3 Å². The first-order chi connectivity index (χ1) is 7.49. The lowest BCUT2D eigenvalue weighted by Crippen LogP contribution is -2.33. The number of alkyl halides is 3. The summed E-state index contributed by atoms with van der Waals surface area (Å²) in [5.41, 5.74) is -0.396. The molecule has 1 saturated carbocycles. The van der Waals surface area contributed by atoms with Crippen molar-refractivity contribution in [3.05, 3.63) is 0 Å². The summed E-state index contributed by atoms with van der Waals surface area (Å²) in [5, 5.41) is 9.12. The second-order valence-corrected chi connectivity index (χ2v) is 11.7. The van der Waals surface area contributed by atoms with Crippen LogP contribution >= 0.6 is 47.8 Å². The van der Waals surface area contributed by atoms with Gasteiger partial charge in [-0.05, 0) is 5.41 Å². The number of ether oxygens (including phenoxy) is 1. The van der Waals surface area contributed by atoms with Crippen molar-refractivity contribution in [2.24, 2.45) is 17.3 Å². The van der Waals surface area contributed by atoms with Crippen LogP contribution in [0.3, 0.4) is 0 Å². The Kier molecular flexibility index (Phi) is 4.37. The molecule has 7 heteroatoms. The Morgan fingerprint density at radius 1 is 1.35 bits per heavy atom. The van der Waals surface area contributed by atoms with Crippen LogP contribution in [-0.2, 0) is 14.3 Å². The molecular weight excluding hydrogens is 424 g/mol. The summed E-state index contributed by atoms with van der Waals surface area (Å²) >= 11 is 9.92. The first kappa shape index (κ1) is 15.4. The third-order valence-corrected chi connectivity index (χ3v) is 4.47. The molecule has 0 aromatic rings. The van der Waals surface area contributed by atoms with E-state index in [0.717, 1.165) is 0 Å². The molecule has 1 fully saturated rings. The van der Waals surface area contributed by atoms with Crippen molar-refractivity contribution in [1.82, 2.24) is 0 Å². The summed E-state index contributed by atoms with van der Waals surface area (Å²) in [6.07, 6.45) is -0.601. The minimum atomic E-state index is -0.867. The third kappa shape index (κ3) is 3.23. The molecule has 0 aromatic carbocycles. The molecule has 17 heavy (non-hydrogen) atoms. The minimum Gasteiger partial charge on any atom is -0.481 e. The minimum absolute atomic E-state index is 0.248.